The number of hydrogen-bond acceptors (Lipinski definition) is 5. The lowest BCUT2D eigenvalue weighted by Gasteiger charge is -2.13. The smallest absolute Gasteiger partial charge is 0.480 e. The quantitative estimate of drug-likeness (QED) is 0.692. The Morgan fingerprint density at radius 2 is 1.81 bits per heavy atom. The van der Waals surface area contributed by atoms with Crippen LogP contribution in [-0.2, 0) is 14.8 Å². The van der Waals surface area contributed by atoms with Crippen molar-refractivity contribution in [2.75, 3.05) is 6.61 Å². The Morgan fingerprint density at radius 1 is 1.29 bits per heavy atom. The lowest BCUT2D eigenvalue weighted by molar-refractivity contribution is -0.274. The van der Waals surface area contributed by atoms with Crippen LogP contribution in [0, 0.1) is 0 Å². The van der Waals surface area contributed by atoms with E-state index in [0.717, 1.165) is 24.3 Å². The summed E-state index contributed by atoms with van der Waals surface area (Å²) in [6.45, 7) is -0.982. The third-order valence-corrected chi connectivity index (χ3v) is 3.63. The molecular formula is C10H10F3NO6S. The predicted octanol–water partition coefficient (Wildman–Crippen LogP) is 0.309. The van der Waals surface area contributed by atoms with Crippen molar-refractivity contribution >= 4 is 16.0 Å². The van der Waals surface area contributed by atoms with Crippen LogP contribution in [0.4, 0.5) is 13.2 Å². The van der Waals surface area contributed by atoms with Gasteiger partial charge in [0.1, 0.15) is 11.8 Å². The molecule has 0 radical (unpaired) electrons. The molecule has 11 heteroatoms. The van der Waals surface area contributed by atoms with E-state index in [4.69, 9.17) is 10.2 Å². The standard InChI is InChI=1S/C10H10F3NO6S/c11-10(12,13)20-6-1-3-7(4-2-6)21(18,19)14-8(5-15)9(16)17/h1-4,8,14-15H,5H2,(H,16,17)/t8-/m0/s1. The third-order valence-electron chi connectivity index (χ3n) is 2.15. The van der Waals surface area contributed by atoms with Crippen molar-refractivity contribution < 1.29 is 41.3 Å². The number of ether oxygens (including phenoxy) is 1. The first-order chi connectivity index (χ1) is 9.55. The number of carbonyl (C=O) groups is 1. The lowest BCUT2D eigenvalue weighted by atomic mass is 10.3. The number of aliphatic hydroxyl groups excluding tert-OH is 1. The first-order valence-corrected chi connectivity index (χ1v) is 6.75. The molecule has 1 rings (SSSR count). The average Bonchev–Trinajstić information content (AvgIpc) is 2.34. The van der Waals surface area contributed by atoms with Crippen LogP contribution in [0.3, 0.4) is 0 Å². The zero-order chi connectivity index (χ0) is 16.3. The summed E-state index contributed by atoms with van der Waals surface area (Å²) in [6.07, 6.45) is -4.91. The highest BCUT2D eigenvalue weighted by Gasteiger charge is 2.31. The Balaban J connectivity index is 2.92. The SMILES string of the molecule is O=C(O)[C@H](CO)NS(=O)(=O)c1ccc(OC(F)(F)F)cc1. The highest BCUT2D eigenvalue weighted by atomic mass is 32.2. The van der Waals surface area contributed by atoms with Gasteiger partial charge in [0.2, 0.25) is 10.0 Å². The van der Waals surface area contributed by atoms with E-state index in [1.54, 1.807) is 4.72 Å². The summed E-state index contributed by atoms with van der Waals surface area (Å²) >= 11 is 0. The molecule has 118 valence electrons. The number of halogens is 3. The summed E-state index contributed by atoms with van der Waals surface area (Å²) in [5.41, 5.74) is 0. The molecule has 0 saturated carbocycles. The molecule has 0 aliphatic carbocycles. The monoisotopic (exact) mass is 329 g/mol. The van der Waals surface area contributed by atoms with Crippen molar-refractivity contribution in [3.63, 3.8) is 0 Å². The molecule has 1 aromatic rings. The maximum atomic E-state index is 11.9. The van der Waals surface area contributed by atoms with Gasteiger partial charge in [0.25, 0.3) is 0 Å². The Kier molecular flexibility index (Phi) is 5.15. The van der Waals surface area contributed by atoms with Crippen LogP contribution in [0.2, 0.25) is 0 Å². The number of alkyl halides is 3. The van der Waals surface area contributed by atoms with Crippen molar-refractivity contribution in [2.24, 2.45) is 0 Å². The van der Waals surface area contributed by atoms with Crippen LogP contribution in [-0.4, -0.2) is 43.6 Å². The maximum absolute atomic E-state index is 11.9. The van der Waals surface area contributed by atoms with Gasteiger partial charge in [-0.15, -0.1) is 13.2 Å². The van der Waals surface area contributed by atoms with Crippen LogP contribution in [0.5, 0.6) is 5.75 Å². The topological polar surface area (TPSA) is 113 Å². The van der Waals surface area contributed by atoms with E-state index < -0.39 is 45.6 Å². The molecule has 0 heterocycles. The Bertz CT molecular complexity index is 598. The third kappa shape index (κ3) is 5.21. The second-order valence-corrected chi connectivity index (χ2v) is 5.43. The van der Waals surface area contributed by atoms with Crippen molar-refractivity contribution in [2.45, 2.75) is 17.3 Å². The fourth-order valence-corrected chi connectivity index (χ4v) is 2.42. The molecule has 3 N–H and O–H groups in total. The van der Waals surface area contributed by atoms with Gasteiger partial charge >= 0.3 is 12.3 Å². The normalized spacial score (nSPS) is 13.7. The van der Waals surface area contributed by atoms with Crippen LogP contribution >= 0.6 is 0 Å². The molecule has 0 aromatic heterocycles. The minimum Gasteiger partial charge on any atom is -0.480 e. The Hall–Kier alpha value is -1.85. The van der Waals surface area contributed by atoms with E-state index in [1.807, 2.05) is 0 Å². The van der Waals surface area contributed by atoms with Crippen molar-refractivity contribution in [1.82, 2.24) is 4.72 Å². The first-order valence-electron chi connectivity index (χ1n) is 5.27. The second-order valence-electron chi connectivity index (χ2n) is 3.71. The number of aliphatic hydroxyl groups is 1. The number of nitrogens with one attached hydrogen (secondary N) is 1. The van der Waals surface area contributed by atoms with Crippen molar-refractivity contribution in [3.8, 4) is 5.75 Å². The summed E-state index contributed by atoms with van der Waals surface area (Å²) in [6, 6.07) is 1.37. The van der Waals surface area contributed by atoms with E-state index in [-0.39, 0.29) is 0 Å². The molecule has 0 aliphatic rings. The number of aliphatic carboxylic acids is 1. The van der Waals surface area contributed by atoms with Gasteiger partial charge in [-0.05, 0) is 24.3 Å². The molecule has 0 unspecified atom stereocenters. The van der Waals surface area contributed by atoms with E-state index in [9.17, 15) is 26.4 Å². The van der Waals surface area contributed by atoms with E-state index in [1.165, 1.54) is 0 Å². The summed E-state index contributed by atoms with van der Waals surface area (Å²) in [4.78, 5) is 10.1. The fourth-order valence-electron chi connectivity index (χ4n) is 1.24. The van der Waals surface area contributed by atoms with Crippen LogP contribution in [0.15, 0.2) is 29.2 Å². The highest BCUT2D eigenvalue weighted by Crippen LogP contribution is 2.23. The Labute approximate surface area is 117 Å². The number of hydrogen-bond donors (Lipinski definition) is 3. The summed E-state index contributed by atoms with van der Waals surface area (Å²) in [5.74, 6) is -2.23. The maximum Gasteiger partial charge on any atom is 0.573 e. The number of carboxylic acid groups (broad SMARTS) is 1. The predicted molar refractivity (Wildman–Crippen MR) is 62.0 cm³/mol. The van der Waals surface area contributed by atoms with E-state index in [2.05, 4.69) is 4.74 Å². The molecule has 1 atom stereocenters. The molecule has 7 nitrogen and oxygen atoms in total. The summed E-state index contributed by atoms with van der Waals surface area (Å²) < 4.78 is 64.6. The molecule has 0 amide bonds. The number of sulfonamides is 1. The largest absolute Gasteiger partial charge is 0.573 e. The molecule has 1 aromatic carbocycles. The average molecular weight is 329 g/mol. The summed E-state index contributed by atoms with van der Waals surface area (Å²) in [5, 5.41) is 17.3. The first kappa shape index (κ1) is 17.2. The minimum absolute atomic E-state index is 0.475. The zero-order valence-electron chi connectivity index (χ0n) is 10.2. The van der Waals surface area contributed by atoms with Gasteiger partial charge in [0.05, 0.1) is 11.5 Å². The van der Waals surface area contributed by atoms with Crippen molar-refractivity contribution in [1.29, 1.82) is 0 Å². The number of benzene rings is 1. The van der Waals surface area contributed by atoms with Gasteiger partial charge < -0.3 is 14.9 Å². The molecule has 0 fully saturated rings. The van der Waals surface area contributed by atoms with Crippen LogP contribution in [0.1, 0.15) is 0 Å². The molecule has 0 bridgehead atoms. The second kappa shape index (κ2) is 6.28. The van der Waals surface area contributed by atoms with Crippen molar-refractivity contribution in [3.05, 3.63) is 24.3 Å². The van der Waals surface area contributed by atoms with Gasteiger partial charge in [-0.3, -0.25) is 4.79 Å². The molecular weight excluding hydrogens is 319 g/mol. The highest BCUT2D eigenvalue weighted by molar-refractivity contribution is 7.89. The van der Waals surface area contributed by atoms with Gasteiger partial charge in [-0.2, -0.15) is 4.72 Å². The van der Waals surface area contributed by atoms with Crippen LogP contribution < -0.4 is 9.46 Å². The lowest BCUT2D eigenvalue weighted by Crippen LogP contribution is -2.43. The van der Waals surface area contributed by atoms with E-state index >= 15 is 0 Å². The Morgan fingerprint density at radius 3 is 2.19 bits per heavy atom. The molecule has 21 heavy (non-hydrogen) atoms. The van der Waals surface area contributed by atoms with Crippen LogP contribution in [0.25, 0.3) is 0 Å². The zero-order valence-corrected chi connectivity index (χ0v) is 11.0. The van der Waals surface area contributed by atoms with E-state index in [0.29, 0.717) is 0 Å². The molecule has 0 spiro atoms. The van der Waals surface area contributed by atoms with Gasteiger partial charge in [0, 0.05) is 0 Å². The van der Waals surface area contributed by atoms with Gasteiger partial charge in [-0.1, -0.05) is 0 Å². The number of rotatable bonds is 6. The summed E-state index contributed by atoms with van der Waals surface area (Å²) in [7, 11) is -4.30. The number of carboxylic acids is 1. The van der Waals surface area contributed by atoms with Gasteiger partial charge in [-0.25, -0.2) is 8.42 Å². The molecule has 0 saturated heterocycles. The minimum atomic E-state index is -4.91. The fraction of sp³-hybridized carbons (Fsp3) is 0.300. The van der Waals surface area contributed by atoms with Gasteiger partial charge in [0.15, 0.2) is 0 Å². The molecule has 0 aliphatic heterocycles.